The zero-order chi connectivity index (χ0) is 30.5. The Morgan fingerprint density at radius 3 is 2.45 bits per heavy atom. The summed E-state index contributed by atoms with van der Waals surface area (Å²) in [7, 11) is 1.57. The number of fused-ring (bicyclic) bond motifs is 1. The monoisotopic (exact) mass is 600 g/mol. The molecule has 1 atom stereocenters. The van der Waals surface area contributed by atoms with Crippen LogP contribution in [0.25, 0.3) is 11.4 Å². The summed E-state index contributed by atoms with van der Waals surface area (Å²) in [4.78, 5) is 31.1. The van der Waals surface area contributed by atoms with E-state index in [4.69, 9.17) is 14.2 Å². The topological polar surface area (TPSA) is 121 Å². The van der Waals surface area contributed by atoms with E-state index in [0.29, 0.717) is 47.3 Å². The van der Waals surface area contributed by atoms with Crippen LogP contribution in [0, 0.1) is 5.82 Å². The summed E-state index contributed by atoms with van der Waals surface area (Å²) >= 11 is 0. The van der Waals surface area contributed by atoms with Gasteiger partial charge in [-0.3, -0.25) is 14.5 Å². The van der Waals surface area contributed by atoms with E-state index in [1.807, 2.05) is 0 Å². The molecule has 11 nitrogen and oxygen atoms in total. The Hall–Kier alpha value is -5.00. The quantitative estimate of drug-likeness (QED) is 0.299. The van der Waals surface area contributed by atoms with Crippen LogP contribution in [0.15, 0.2) is 66.7 Å². The predicted octanol–water partition coefficient (Wildman–Crippen LogP) is 4.48. The van der Waals surface area contributed by atoms with Crippen molar-refractivity contribution in [2.45, 2.75) is 50.7 Å². The molecule has 2 amide bonds. The second-order valence-electron chi connectivity index (χ2n) is 10.8. The zero-order valence-corrected chi connectivity index (χ0v) is 24.3. The second-order valence-corrected chi connectivity index (χ2v) is 10.8. The molecule has 44 heavy (non-hydrogen) atoms. The minimum absolute atomic E-state index is 0.0180. The Balaban J connectivity index is 1.38. The zero-order valence-electron chi connectivity index (χ0n) is 24.3. The molecule has 228 valence electrons. The van der Waals surface area contributed by atoms with Crippen molar-refractivity contribution in [2.24, 2.45) is 0 Å². The van der Waals surface area contributed by atoms with Gasteiger partial charge in [0.1, 0.15) is 37.4 Å². The van der Waals surface area contributed by atoms with Crippen molar-refractivity contribution in [3.63, 3.8) is 0 Å². The number of anilines is 1. The molecule has 0 bridgehead atoms. The number of carbonyl (C=O) groups is 2. The predicted molar refractivity (Wildman–Crippen MR) is 159 cm³/mol. The summed E-state index contributed by atoms with van der Waals surface area (Å²) in [6.07, 6.45) is 4.98. The average molecular weight is 601 g/mol. The van der Waals surface area contributed by atoms with E-state index < -0.39 is 11.9 Å². The van der Waals surface area contributed by atoms with Gasteiger partial charge in [0.05, 0.1) is 7.11 Å². The largest absolute Gasteiger partial charge is 0.497 e. The lowest BCUT2D eigenvalue weighted by molar-refractivity contribution is -0.127. The van der Waals surface area contributed by atoms with Crippen molar-refractivity contribution in [3.05, 3.63) is 78.1 Å². The molecule has 0 spiro atoms. The van der Waals surface area contributed by atoms with Gasteiger partial charge in [-0.25, -0.2) is 4.39 Å². The summed E-state index contributed by atoms with van der Waals surface area (Å²) in [6, 6.07) is 16.9. The molecule has 0 radical (unpaired) electrons. The van der Waals surface area contributed by atoms with Crippen molar-refractivity contribution in [2.75, 3.05) is 25.2 Å². The van der Waals surface area contributed by atoms with Gasteiger partial charge in [-0.2, -0.15) is 4.80 Å². The summed E-state index contributed by atoms with van der Waals surface area (Å²) in [6.45, 7) is 0.469. The molecule has 1 fully saturated rings. The van der Waals surface area contributed by atoms with Crippen molar-refractivity contribution >= 4 is 17.5 Å². The number of halogens is 1. The van der Waals surface area contributed by atoms with E-state index in [2.05, 4.69) is 20.7 Å². The van der Waals surface area contributed by atoms with Crippen LogP contribution >= 0.6 is 0 Å². The molecule has 0 saturated heterocycles. The van der Waals surface area contributed by atoms with Crippen LogP contribution in [0.3, 0.4) is 0 Å². The molecule has 3 aromatic carbocycles. The number of nitrogens with zero attached hydrogens (tertiary/aromatic N) is 5. The van der Waals surface area contributed by atoms with Crippen LogP contribution in [-0.4, -0.2) is 58.4 Å². The average Bonchev–Trinajstić information content (AvgIpc) is 3.52. The number of hydrogen-bond acceptors (Lipinski definition) is 8. The smallest absolute Gasteiger partial charge is 0.251 e. The fourth-order valence-electron chi connectivity index (χ4n) is 5.57. The first-order chi connectivity index (χ1) is 21.5. The van der Waals surface area contributed by atoms with Gasteiger partial charge in [0, 0.05) is 23.4 Å². The van der Waals surface area contributed by atoms with Crippen molar-refractivity contribution in [1.82, 2.24) is 25.5 Å². The number of amides is 2. The first-order valence-corrected chi connectivity index (χ1v) is 14.7. The molecule has 1 aromatic heterocycles. The van der Waals surface area contributed by atoms with E-state index in [-0.39, 0.29) is 30.1 Å². The number of rotatable bonds is 9. The van der Waals surface area contributed by atoms with Crippen molar-refractivity contribution in [3.8, 4) is 28.6 Å². The van der Waals surface area contributed by atoms with Gasteiger partial charge >= 0.3 is 0 Å². The minimum Gasteiger partial charge on any atom is -0.497 e. The maximum atomic E-state index is 14.3. The van der Waals surface area contributed by atoms with Gasteiger partial charge in [-0.15, -0.1) is 10.2 Å². The van der Waals surface area contributed by atoms with Gasteiger partial charge in [0.2, 0.25) is 11.7 Å². The van der Waals surface area contributed by atoms with Crippen molar-refractivity contribution < 1.29 is 28.2 Å². The molecular weight excluding hydrogens is 567 g/mol. The van der Waals surface area contributed by atoms with Crippen LogP contribution in [0.5, 0.6) is 17.2 Å². The number of carbonyl (C=O) groups excluding carboxylic acids is 2. The molecule has 6 rings (SSSR count). The first-order valence-electron chi connectivity index (χ1n) is 14.7. The maximum Gasteiger partial charge on any atom is 0.251 e. The first kappa shape index (κ1) is 29.1. The molecule has 2 aliphatic rings. The van der Waals surface area contributed by atoms with Gasteiger partial charge in [-0.05, 0) is 72.1 Å². The third-order valence-electron chi connectivity index (χ3n) is 7.79. The van der Waals surface area contributed by atoms with E-state index >= 15 is 0 Å². The molecule has 4 aromatic rings. The molecule has 1 aliphatic heterocycles. The Bertz CT molecular complexity index is 1600. The number of ether oxygens (including phenoxy) is 3. The lowest BCUT2D eigenvalue weighted by atomic mass is 9.94. The van der Waals surface area contributed by atoms with E-state index in [0.717, 1.165) is 36.9 Å². The fourth-order valence-corrected chi connectivity index (χ4v) is 5.57. The SMILES string of the molecule is COc1ccc([C@@H](C(=O)NC2CCCCC2)N(C(=O)Cn2nnc(-c3ccc(F)cc3)n2)c2ccc3c(c2)OCCO3)cc1. The molecule has 2 heterocycles. The third kappa shape index (κ3) is 6.48. The van der Waals surface area contributed by atoms with Crippen LogP contribution in [0.1, 0.15) is 43.7 Å². The van der Waals surface area contributed by atoms with Crippen LogP contribution in [0.2, 0.25) is 0 Å². The van der Waals surface area contributed by atoms with E-state index in [9.17, 15) is 14.0 Å². The third-order valence-corrected chi connectivity index (χ3v) is 7.79. The highest BCUT2D eigenvalue weighted by molar-refractivity contribution is 6.01. The van der Waals surface area contributed by atoms with Gasteiger partial charge in [0.25, 0.3) is 5.91 Å². The van der Waals surface area contributed by atoms with E-state index in [1.54, 1.807) is 49.6 Å². The normalized spacial score (nSPS) is 15.3. The number of methoxy groups -OCH3 is 1. The molecular formula is C32H33FN6O5. The summed E-state index contributed by atoms with van der Waals surface area (Å²) in [5.74, 6) is 0.755. The van der Waals surface area contributed by atoms with Gasteiger partial charge < -0.3 is 19.5 Å². The fraction of sp³-hybridized carbons (Fsp3) is 0.344. The number of aromatic nitrogens is 4. The number of benzene rings is 3. The number of hydrogen-bond donors (Lipinski definition) is 1. The number of nitrogens with one attached hydrogen (secondary N) is 1. The molecule has 1 saturated carbocycles. The molecule has 0 unspecified atom stereocenters. The summed E-state index contributed by atoms with van der Waals surface area (Å²) in [5.41, 5.74) is 1.59. The highest BCUT2D eigenvalue weighted by atomic mass is 19.1. The summed E-state index contributed by atoms with van der Waals surface area (Å²) < 4.78 is 30.3. The molecule has 1 aliphatic carbocycles. The van der Waals surface area contributed by atoms with Gasteiger partial charge in [0.15, 0.2) is 11.5 Å². The number of tetrazole rings is 1. The molecule has 12 heteroatoms. The Morgan fingerprint density at radius 1 is 1.00 bits per heavy atom. The second kappa shape index (κ2) is 13.1. The summed E-state index contributed by atoms with van der Waals surface area (Å²) in [5, 5.41) is 15.7. The highest BCUT2D eigenvalue weighted by Gasteiger charge is 2.35. The Morgan fingerprint density at radius 2 is 1.73 bits per heavy atom. The van der Waals surface area contributed by atoms with E-state index in [1.165, 1.54) is 29.2 Å². The maximum absolute atomic E-state index is 14.3. The lowest BCUT2D eigenvalue weighted by Crippen LogP contribution is -2.48. The highest BCUT2D eigenvalue weighted by Crippen LogP contribution is 2.37. The van der Waals surface area contributed by atoms with Gasteiger partial charge in [-0.1, -0.05) is 31.4 Å². The minimum atomic E-state index is -1.03. The Kier molecular flexibility index (Phi) is 8.67. The lowest BCUT2D eigenvalue weighted by Gasteiger charge is -2.34. The van der Waals surface area contributed by atoms with Crippen LogP contribution in [0.4, 0.5) is 10.1 Å². The Labute approximate surface area is 253 Å². The molecule has 1 N–H and O–H groups in total. The van der Waals surface area contributed by atoms with Crippen LogP contribution < -0.4 is 24.4 Å². The van der Waals surface area contributed by atoms with Crippen LogP contribution in [-0.2, 0) is 16.1 Å². The van der Waals surface area contributed by atoms with Crippen molar-refractivity contribution in [1.29, 1.82) is 0 Å². The standard InChI is InChI=1S/C32H33FN6O5/c1-42-26-14-9-21(10-15-26)30(32(41)34-24-5-3-2-4-6-24)39(25-13-16-27-28(19-25)44-18-17-43-27)29(40)20-38-36-31(35-37-38)22-7-11-23(33)12-8-22/h7-16,19,24,30H,2-6,17-18,20H2,1H3,(H,34,41)/t30-/m0/s1.